The van der Waals surface area contributed by atoms with Crippen molar-refractivity contribution >= 4 is 23.1 Å². The molecule has 0 spiro atoms. The Kier molecular flexibility index (Phi) is 5.67. The minimum absolute atomic E-state index is 0.0575. The zero-order valence-electron chi connectivity index (χ0n) is 15.3. The summed E-state index contributed by atoms with van der Waals surface area (Å²) in [6, 6.07) is 14.0. The van der Waals surface area contributed by atoms with E-state index in [9.17, 15) is 13.2 Å². The number of ether oxygens (including phenoxy) is 1. The monoisotopic (exact) mass is 388 g/mol. The first-order valence-corrected chi connectivity index (χ1v) is 8.63. The van der Waals surface area contributed by atoms with E-state index in [2.05, 4.69) is 20.6 Å². The predicted molar refractivity (Wildman–Crippen MR) is 102 cm³/mol. The van der Waals surface area contributed by atoms with Crippen LogP contribution in [0.1, 0.15) is 18.1 Å². The third-order valence-electron chi connectivity index (χ3n) is 3.78. The number of alkyl halides is 3. The zero-order valence-corrected chi connectivity index (χ0v) is 15.3. The number of anilines is 4. The fourth-order valence-corrected chi connectivity index (χ4v) is 2.56. The number of halogens is 3. The van der Waals surface area contributed by atoms with Gasteiger partial charge in [-0.25, -0.2) is 4.98 Å². The first-order chi connectivity index (χ1) is 13.3. The second-order valence-corrected chi connectivity index (χ2v) is 6.03. The van der Waals surface area contributed by atoms with Gasteiger partial charge in [-0.2, -0.15) is 18.2 Å². The van der Waals surface area contributed by atoms with E-state index in [4.69, 9.17) is 4.74 Å². The Bertz CT molecular complexity index is 960. The summed E-state index contributed by atoms with van der Waals surface area (Å²) < 4.78 is 45.6. The first kappa shape index (κ1) is 19.5. The van der Waals surface area contributed by atoms with E-state index in [0.29, 0.717) is 23.7 Å². The highest BCUT2D eigenvalue weighted by atomic mass is 19.4. The molecule has 0 saturated carbocycles. The molecule has 1 heterocycles. The summed E-state index contributed by atoms with van der Waals surface area (Å²) in [5, 5.41) is 5.65. The lowest BCUT2D eigenvalue weighted by molar-refractivity contribution is -0.137. The van der Waals surface area contributed by atoms with Crippen molar-refractivity contribution in [2.75, 3.05) is 17.2 Å². The molecule has 0 saturated heterocycles. The summed E-state index contributed by atoms with van der Waals surface area (Å²) in [5.41, 5.74) is 1.16. The molecule has 2 N–H and O–H groups in total. The minimum atomic E-state index is -4.60. The van der Waals surface area contributed by atoms with Crippen molar-refractivity contribution in [2.24, 2.45) is 0 Å². The van der Waals surface area contributed by atoms with Gasteiger partial charge in [0.25, 0.3) is 0 Å². The van der Waals surface area contributed by atoms with Crippen LogP contribution in [0, 0.1) is 6.92 Å². The van der Waals surface area contributed by atoms with Crippen molar-refractivity contribution in [1.29, 1.82) is 0 Å². The Morgan fingerprint density at radius 2 is 1.71 bits per heavy atom. The molecule has 0 amide bonds. The van der Waals surface area contributed by atoms with Crippen molar-refractivity contribution in [2.45, 2.75) is 20.0 Å². The number of hydrogen-bond donors (Lipinski definition) is 2. The lowest BCUT2D eigenvalue weighted by Crippen LogP contribution is -2.12. The Morgan fingerprint density at radius 3 is 2.39 bits per heavy atom. The normalized spacial score (nSPS) is 11.2. The molecule has 0 aliphatic carbocycles. The summed E-state index contributed by atoms with van der Waals surface area (Å²) in [5.74, 6) is 0.265. The van der Waals surface area contributed by atoms with Crippen LogP contribution in [0.4, 0.5) is 36.3 Å². The van der Waals surface area contributed by atoms with Crippen LogP contribution in [-0.4, -0.2) is 16.6 Å². The van der Waals surface area contributed by atoms with Gasteiger partial charge in [0.2, 0.25) is 5.95 Å². The van der Waals surface area contributed by atoms with Gasteiger partial charge < -0.3 is 15.4 Å². The van der Waals surface area contributed by atoms with Crippen molar-refractivity contribution < 1.29 is 17.9 Å². The smallest absolute Gasteiger partial charge is 0.421 e. The number of benzene rings is 2. The molecule has 0 unspecified atom stereocenters. The standard InChI is InChI=1S/C20H19F3N4O/c1-3-28-16-9-5-8-15(11-16)25-18-17(20(21,22)23)12-24-19(27-18)26-14-7-4-6-13(2)10-14/h4-12H,3H2,1-2H3,(H2,24,25,26,27). The highest BCUT2D eigenvalue weighted by molar-refractivity contribution is 5.64. The highest BCUT2D eigenvalue weighted by Gasteiger charge is 2.35. The van der Waals surface area contributed by atoms with E-state index in [1.165, 1.54) is 0 Å². The molecule has 28 heavy (non-hydrogen) atoms. The number of hydrogen-bond acceptors (Lipinski definition) is 5. The average molecular weight is 388 g/mol. The van der Waals surface area contributed by atoms with Crippen LogP contribution in [0.25, 0.3) is 0 Å². The molecule has 0 bridgehead atoms. The van der Waals surface area contributed by atoms with Gasteiger partial charge in [0, 0.05) is 23.6 Å². The van der Waals surface area contributed by atoms with Crippen LogP contribution in [-0.2, 0) is 6.18 Å². The second-order valence-electron chi connectivity index (χ2n) is 6.03. The molecule has 0 radical (unpaired) electrons. The number of nitrogens with one attached hydrogen (secondary N) is 2. The molecule has 3 aromatic rings. The van der Waals surface area contributed by atoms with Gasteiger partial charge in [-0.15, -0.1) is 0 Å². The van der Waals surface area contributed by atoms with Crippen molar-refractivity contribution in [3.8, 4) is 5.75 Å². The van der Waals surface area contributed by atoms with E-state index in [1.54, 1.807) is 30.3 Å². The van der Waals surface area contributed by atoms with Crippen molar-refractivity contribution in [1.82, 2.24) is 9.97 Å². The van der Waals surface area contributed by atoms with Crippen molar-refractivity contribution in [3.63, 3.8) is 0 Å². The zero-order chi connectivity index (χ0) is 20.1. The molecule has 0 aliphatic rings. The number of aromatic nitrogens is 2. The predicted octanol–water partition coefficient (Wildman–Crippen LogP) is 5.69. The molecule has 0 aliphatic heterocycles. The van der Waals surface area contributed by atoms with Gasteiger partial charge >= 0.3 is 6.18 Å². The summed E-state index contributed by atoms with van der Waals surface area (Å²) in [4.78, 5) is 7.85. The van der Waals surface area contributed by atoms with Crippen LogP contribution in [0.15, 0.2) is 54.7 Å². The van der Waals surface area contributed by atoms with Crippen LogP contribution in [0.5, 0.6) is 5.75 Å². The molecule has 0 fully saturated rings. The lowest BCUT2D eigenvalue weighted by Gasteiger charge is -2.15. The van der Waals surface area contributed by atoms with Crippen LogP contribution in [0.2, 0.25) is 0 Å². The fraction of sp³-hybridized carbons (Fsp3) is 0.200. The van der Waals surface area contributed by atoms with Crippen LogP contribution >= 0.6 is 0 Å². The summed E-state index contributed by atoms with van der Waals surface area (Å²) in [7, 11) is 0. The molecule has 3 rings (SSSR count). The number of nitrogens with zero attached hydrogens (tertiary/aromatic N) is 2. The lowest BCUT2D eigenvalue weighted by atomic mass is 10.2. The van der Waals surface area contributed by atoms with Gasteiger partial charge in [-0.1, -0.05) is 18.2 Å². The Labute approximate surface area is 160 Å². The van der Waals surface area contributed by atoms with Gasteiger partial charge in [0.1, 0.15) is 17.1 Å². The average Bonchev–Trinajstić information content (AvgIpc) is 2.61. The molecule has 2 aromatic carbocycles. The Morgan fingerprint density at radius 1 is 1.00 bits per heavy atom. The maximum absolute atomic E-state index is 13.4. The highest BCUT2D eigenvalue weighted by Crippen LogP contribution is 2.35. The summed E-state index contributed by atoms with van der Waals surface area (Å²) >= 11 is 0. The molecule has 1 aromatic heterocycles. The van der Waals surface area contributed by atoms with Gasteiger partial charge in [0.05, 0.1) is 6.61 Å². The molecule has 8 heteroatoms. The SMILES string of the molecule is CCOc1cccc(Nc2nc(Nc3cccc(C)c3)ncc2C(F)(F)F)c1. The van der Waals surface area contributed by atoms with Gasteiger partial charge in [-0.05, 0) is 43.7 Å². The molecule has 0 atom stereocenters. The second kappa shape index (κ2) is 8.16. The summed E-state index contributed by atoms with van der Waals surface area (Å²) in [6.45, 7) is 4.20. The van der Waals surface area contributed by atoms with E-state index in [-0.39, 0.29) is 11.8 Å². The van der Waals surface area contributed by atoms with Crippen LogP contribution in [0.3, 0.4) is 0 Å². The van der Waals surface area contributed by atoms with E-state index in [1.807, 2.05) is 32.0 Å². The quantitative estimate of drug-likeness (QED) is 0.568. The topological polar surface area (TPSA) is 59.1 Å². The molecular formula is C20H19F3N4O. The van der Waals surface area contributed by atoms with E-state index < -0.39 is 11.7 Å². The van der Waals surface area contributed by atoms with E-state index >= 15 is 0 Å². The number of aryl methyl sites for hydroxylation is 1. The van der Waals surface area contributed by atoms with Gasteiger partial charge in [0.15, 0.2) is 0 Å². The summed E-state index contributed by atoms with van der Waals surface area (Å²) in [6.07, 6.45) is -3.83. The van der Waals surface area contributed by atoms with Crippen LogP contribution < -0.4 is 15.4 Å². The van der Waals surface area contributed by atoms with E-state index in [0.717, 1.165) is 11.8 Å². The Hall–Kier alpha value is -3.29. The largest absolute Gasteiger partial charge is 0.494 e. The maximum Gasteiger partial charge on any atom is 0.421 e. The Balaban J connectivity index is 1.93. The first-order valence-electron chi connectivity index (χ1n) is 8.63. The molecule has 5 nitrogen and oxygen atoms in total. The minimum Gasteiger partial charge on any atom is -0.494 e. The molecule has 146 valence electrons. The van der Waals surface area contributed by atoms with Gasteiger partial charge in [-0.3, -0.25) is 0 Å². The third-order valence-corrected chi connectivity index (χ3v) is 3.78. The third kappa shape index (κ3) is 4.91. The maximum atomic E-state index is 13.4. The van der Waals surface area contributed by atoms with Crippen molar-refractivity contribution in [3.05, 3.63) is 65.9 Å². The fourth-order valence-electron chi connectivity index (χ4n) is 2.56. The number of rotatable bonds is 6. The molecular weight excluding hydrogens is 369 g/mol.